The predicted molar refractivity (Wildman–Crippen MR) is 105 cm³/mol. The van der Waals surface area contributed by atoms with Gasteiger partial charge in [-0.15, -0.1) is 0 Å². The molecule has 0 aliphatic rings. The van der Waals surface area contributed by atoms with Crippen molar-refractivity contribution in [3.63, 3.8) is 0 Å². The zero-order chi connectivity index (χ0) is 16.0. The SMILES string of the molecule is CCCCCCCCC(CCCCCC)Cc1cc[c]([SnH])s1. The monoisotopic (exact) mass is 428 g/mol. The summed E-state index contributed by atoms with van der Waals surface area (Å²) in [6, 6.07) is 4.74. The Bertz CT molecular complexity index is 358. The quantitative estimate of drug-likeness (QED) is 0.247. The summed E-state index contributed by atoms with van der Waals surface area (Å²) < 4.78 is 1.60. The molecule has 0 saturated carbocycles. The Kier molecular flexibility index (Phi) is 13.0. The zero-order valence-electron chi connectivity index (χ0n) is 14.9. The van der Waals surface area contributed by atoms with Gasteiger partial charge < -0.3 is 0 Å². The van der Waals surface area contributed by atoms with Gasteiger partial charge in [0.1, 0.15) is 0 Å². The summed E-state index contributed by atoms with van der Waals surface area (Å²) in [5, 5.41) is 0. The number of hydrogen-bond donors (Lipinski definition) is 0. The second-order valence-electron chi connectivity index (χ2n) is 6.78. The molecule has 0 nitrogen and oxygen atoms in total. The van der Waals surface area contributed by atoms with Crippen molar-refractivity contribution in [1.82, 2.24) is 0 Å². The summed E-state index contributed by atoms with van der Waals surface area (Å²) in [5.41, 5.74) is 0. The van der Waals surface area contributed by atoms with E-state index >= 15 is 0 Å². The van der Waals surface area contributed by atoms with Crippen LogP contribution in [0.15, 0.2) is 12.1 Å². The maximum absolute atomic E-state index is 2.39. The van der Waals surface area contributed by atoms with Crippen molar-refractivity contribution in [3.8, 4) is 0 Å². The second kappa shape index (κ2) is 13.9. The first kappa shape index (κ1) is 20.5. The van der Waals surface area contributed by atoms with Crippen molar-refractivity contribution in [2.24, 2.45) is 5.92 Å². The number of hydrogen-bond acceptors (Lipinski definition) is 1. The molecular weight excluding hydrogens is 391 g/mol. The third-order valence-corrected chi connectivity index (χ3v) is 7.10. The Labute approximate surface area is 156 Å². The number of thiophene rings is 1. The van der Waals surface area contributed by atoms with Crippen molar-refractivity contribution in [2.45, 2.75) is 97.3 Å². The van der Waals surface area contributed by atoms with Crippen LogP contribution in [0.4, 0.5) is 0 Å². The van der Waals surface area contributed by atoms with E-state index in [0.717, 1.165) is 5.92 Å². The van der Waals surface area contributed by atoms with E-state index in [0.29, 0.717) is 0 Å². The van der Waals surface area contributed by atoms with E-state index in [9.17, 15) is 0 Å². The average Bonchev–Trinajstić information content (AvgIpc) is 2.92. The van der Waals surface area contributed by atoms with E-state index in [-0.39, 0.29) is 0 Å². The topological polar surface area (TPSA) is 0 Å². The van der Waals surface area contributed by atoms with Gasteiger partial charge in [-0.1, -0.05) is 6.92 Å². The molecule has 0 bridgehead atoms. The van der Waals surface area contributed by atoms with Gasteiger partial charge in [-0.25, -0.2) is 0 Å². The van der Waals surface area contributed by atoms with Gasteiger partial charge in [0, 0.05) is 0 Å². The fourth-order valence-corrected chi connectivity index (χ4v) is 5.68. The minimum atomic E-state index is 0.946. The molecule has 0 aliphatic carbocycles. The fraction of sp³-hybridized carbons (Fsp3) is 0.800. The van der Waals surface area contributed by atoms with E-state index in [1.54, 1.807) is 7.77 Å². The van der Waals surface area contributed by atoms with Gasteiger partial charge in [0.05, 0.1) is 0 Å². The zero-order valence-corrected chi connectivity index (χ0v) is 19.0. The van der Waals surface area contributed by atoms with Crippen LogP contribution in [0.5, 0.6) is 0 Å². The van der Waals surface area contributed by atoms with E-state index in [2.05, 4.69) is 37.3 Å². The Morgan fingerprint density at radius 2 is 1.36 bits per heavy atom. The summed E-state index contributed by atoms with van der Waals surface area (Å²) >= 11 is 3.35. The van der Waals surface area contributed by atoms with Gasteiger partial charge in [-0.05, 0) is 0 Å². The van der Waals surface area contributed by atoms with Crippen LogP contribution in [0.1, 0.15) is 95.8 Å². The van der Waals surface area contributed by atoms with E-state index in [1.807, 2.05) is 0 Å². The number of unbranched alkanes of at least 4 members (excludes halogenated alkanes) is 8. The number of rotatable bonds is 14. The van der Waals surface area contributed by atoms with Crippen LogP contribution in [0.3, 0.4) is 0 Å². The van der Waals surface area contributed by atoms with Crippen LogP contribution in [0.2, 0.25) is 0 Å². The van der Waals surface area contributed by atoms with Gasteiger partial charge in [0.25, 0.3) is 0 Å². The standard InChI is InChI=1S/C20H35S.Sn.H/c1-3-5-7-9-10-12-15-19(14-11-8-6-4-2)18-20-16-13-17-21-20;;/h13,16,19H,3-12,14-15,18H2,1-2H3;;. The minimum absolute atomic E-state index is 0.946. The van der Waals surface area contributed by atoms with Crippen molar-refractivity contribution in [3.05, 3.63) is 17.0 Å². The van der Waals surface area contributed by atoms with Crippen molar-refractivity contribution in [1.29, 1.82) is 0 Å². The molecule has 0 amide bonds. The second-order valence-corrected chi connectivity index (χ2v) is 10.9. The predicted octanol–water partition coefficient (Wildman–Crippen LogP) is 6.15. The van der Waals surface area contributed by atoms with Gasteiger partial charge in [-0.3, -0.25) is 0 Å². The molecule has 1 aromatic rings. The van der Waals surface area contributed by atoms with Crippen molar-refractivity contribution >= 4 is 36.8 Å². The Hall–Kier alpha value is 0.499. The van der Waals surface area contributed by atoms with Crippen LogP contribution in [0.25, 0.3) is 0 Å². The third kappa shape index (κ3) is 10.3. The third-order valence-electron chi connectivity index (χ3n) is 4.60. The molecule has 2 radical (unpaired) electrons. The summed E-state index contributed by atoms with van der Waals surface area (Å²) in [6.45, 7) is 4.61. The van der Waals surface area contributed by atoms with Crippen LogP contribution >= 0.6 is 11.3 Å². The van der Waals surface area contributed by atoms with Crippen LogP contribution in [-0.2, 0) is 6.42 Å². The molecule has 126 valence electrons. The first-order chi connectivity index (χ1) is 10.8. The van der Waals surface area contributed by atoms with E-state index in [4.69, 9.17) is 0 Å². The molecular formula is C20H36SSn. The summed E-state index contributed by atoms with van der Waals surface area (Å²) in [6.07, 6.45) is 18.6. The molecule has 0 aromatic carbocycles. The van der Waals surface area contributed by atoms with Gasteiger partial charge >= 0.3 is 150 Å². The molecule has 2 heteroatoms. The molecule has 0 saturated heterocycles. The van der Waals surface area contributed by atoms with Crippen LogP contribution in [0, 0.1) is 5.92 Å². The first-order valence-corrected chi connectivity index (χ1v) is 12.1. The molecule has 0 fully saturated rings. The van der Waals surface area contributed by atoms with Crippen LogP contribution in [-0.4, -0.2) is 22.5 Å². The van der Waals surface area contributed by atoms with Crippen LogP contribution < -0.4 is 2.89 Å². The molecule has 1 unspecified atom stereocenters. The van der Waals surface area contributed by atoms with Gasteiger partial charge in [-0.2, -0.15) is 0 Å². The van der Waals surface area contributed by atoms with Gasteiger partial charge in [0.2, 0.25) is 0 Å². The molecule has 0 N–H and O–H groups in total. The van der Waals surface area contributed by atoms with Gasteiger partial charge in [0.15, 0.2) is 0 Å². The summed E-state index contributed by atoms with van der Waals surface area (Å²) in [5.74, 6) is 0.946. The van der Waals surface area contributed by atoms with E-state index in [1.165, 1.54) is 106 Å². The van der Waals surface area contributed by atoms with Crippen molar-refractivity contribution in [2.75, 3.05) is 0 Å². The molecule has 0 spiro atoms. The molecule has 1 aromatic heterocycles. The van der Waals surface area contributed by atoms with E-state index < -0.39 is 0 Å². The fourth-order valence-electron chi connectivity index (χ4n) is 3.21. The molecule has 0 aliphatic heterocycles. The normalized spacial score (nSPS) is 12.7. The Morgan fingerprint density at radius 3 is 1.91 bits per heavy atom. The molecule has 1 rings (SSSR count). The average molecular weight is 427 g/mol. The molecule has 22 heavy (non-hydrogen) atoms. The molecule has 1 heterocycles. The summed E-state index contributed by atoms with van der Waals surface area (Å²) in [4.78, 5) is 1.65. The van der Waals surface area contributed by atoms with Crippen molar-refractivity contribution < 1.29 is 0 Å². The first-order valence-electron chi connectivity index (χ1n) is 9.60. The maximum atomic E-state index is 2.39. The molecule has 1 atom stereocenters. The Morgan fingerprint density at radius 1 is 0.818 bits per heavy atom. The Balaban J connectivity index is 2.27. The summed E-state index contributed by atoms with van der Waals surface area (Å²) in [7, 11) is 0.